The summed E-state index contributed by atoms with van der Waals surface area (Å²) in [5.41, 5.74) is 1.18. The lowest BCUT2D eigenvalue weighted by Gasteiger charge is -2.19. The van der Waals surface area contributed by atoms with Crippen LogP contribution in [0.15, 0.2) is 53.7 Å². The minimum absolute atomic E-state index is 0.00459. The van der Waals surface area contributed by atoms with Gasteiger partial charge in [-0.3, -0.25) is 14.7 Å². The van der Waals surface area contributed by atoms with Crippen molar-refractivity contribution in [2.24, 2.45) is 5.92 Å². The fourth-order valence-electron chi connectivity index (χ4n) is 5.09. The minimum Gasteiger partial charge on any atom is -0.444 e. The summed E-state index contributed by atoms with van der Waals surface area (Å²) in [6, 6.07) is 9.10. The second-order valence-electron chi connectivity index (χ2n) is 11.2. The van der Waals surface area contributed by atoms with Crippen molar-refractivity contribution in [1.82, 2.24) is 44.7 Å². The topological polar surface area (TPSA) is 158 Å². The van der Waals surface area contributed by atoms with Crippen molar-refractivity contribution in [3.8, 4) is 28.2 Å². The highest BCUT2D eigenvalue weighted by atomic mass is 35.5. The fourth-order valence-corrected chi connectivity index (χ4v) is 5.26. The number of tetrazole rings is 1. The third-order valence-electron chi connectivity index (χ3n) is 6.82. The van der Waals surface area contributed by atoms with Gasteiger partial charge >= 0.3 is 6.09 Å². The van der Waals surface area contributed by atoms with Crippen LogP contribution in [-0.4, -0.2) is 56.4 Å². The number of hydrogen-bond acceptors (Lipinski definition) is 9. The van der Waals surface area contributed by atoms with E-state index in [0.717, 1.165) is 0 Å². The highest BCUT2D eigenvalue weighted by Crippen LogP contribution is 2.36. The Labute approximate surface area is 249 Å². The van der Waals surface area contributed by atoms with E-state index in [1.54, 1.807) is 43.5 Å². The molecule has 0 unspecified atom stereocenters. The highest BCUT2D eigenvalue weighted by molar-refractivity contribution is 6.31. The molecule has 1 aromatic carbocycles. The minimum atomic E-state index is -0.813. The molecule has 0 bridgehead atoms. The Morgan fingerprint density at radius 1 is 1.16 bits per heavy atom. The van der Waals surface area contributed by atoms with Crippen LogP contribution in [-0.2, 0) is 11.2 Å². The summed E-state index contributed by atoms with van der Waals surface area (Å²) in [6.45, 7) is 7.16. The Kier molecular flexibility index (Phi) is 7.00. The number of aromatic amines is 1. The molecular formula is C28H26ClFN10O3. The van der Waals surface area contributed by atoms with Crippen LogP contribution in [0.25, 0.3) is 28.2 Å². The first-order chi connectivity index (χ1) is 20.5. The van der Waals surface area contributed by atoms with Crippen molar-refractivity contribution >= 4 is 23.5 Å². The van der Waals surface area contributed by atoms with Crippen molar-refractivity contribution in [3.63, 3.8) is 0 Å². The van der Waals surface area contributed by atoms with Gasteiger partial charge in [0.1, 0.15) is 29.4 Å². The van der Waals surface area contributed by atoms with E-state index in [-0.39, 0.29) is 22.9 Å². The molecule has 0 fully saturated rings. The first-order valence-electron chi connectivity index (χ1n) is 13.3. The van der Waals surface area contributed by atoms with E-state index in [4.69, 9.17) is 21.3 Å². The number of carbonyl (C=O) groups excluding carboxylic acids is 1. The summed E-state index contributed by atoms with van der Waals surface area (Å²) >= 11 is 6.29. The SMILES string of the molecule is C[C@H]1Cc2nc(-c3cc(Cl)ccc3-n3cnnn3)cc(=O)n2[C@@H]1c1ncc(-c2ccc(NC(=O)OC(C)(C)C)nc2F)[nH]1. The number of hydrogen-bond donors (Lipinski definition) is 2. The van der Waals surface area contributed by atoms with Crippen LogP contribution >= 0.6 is 11.6 Å². The summed E-state index contributed by atoms with van der Waals surface area (Å²) in [6.07, 6.45) is 2.70. The molecule has 220 valence electrons. The molecule has 1 aliphatic heterocycles. The Morgan fingerprint density at radius 3 is 2.70 bits per heavy atom. The molecule has 5 heterocycles. The number of amides is 1. The Bertz CT molecular complexity index is 1900. The monoisotopic (exact) mass is 604 g/mol. The number of anilines is 1. The van der Waals surface area contributed by atoms with Crippen molar-refractivity contribution in [2.45, 2.75) is 45.8 Å². The smallest absolute Gasteiger partial charge is 0.413 e. The summed E-state index contributed by atoms with van der Waals surface area (Å²) in [5, 5.41) is 14.2. The molecule has 2 atom stereocenters. The molecule has 5 aromatic rings. The molecule has 1 amide bonds. The van der Waals surface area contributed by atoms with Gasteiger partial charge in [-0.1, -0.05) is 18.5 Å². The van der Waals surface area contributed by atoms with E-state index in [1.165, 1.54) is 35.4 Å². The van der Waals surface area contributed by atoms with Crippen molar-refractivity contribution in [3.05, 3.63) is 81.9 Å². The molecule has 1 aliphatic rings. The fraction of sp³-hybridized carbons (Fsp3) is 0.286. The third-order valence-corrected chi connectivity index (χ3v) is 7.06. The van der Waals surface area contributed by atoms with Crippen LogP contribution in [0.2, 0.25) is 5.02 Å². The van der Waals surface area contributed by atoms with Gasteiger partial charge in [0.2, 0.25) is 5.95 Å². The molecule has 4 aromatic heterocycles. The normalized spacial score (nSPS) is 16.2. The Hall–Kier alpha value is -4.98. The van der Waals surface area contributed by atoms with E-state index in [2.05, 4.69) is 35.8 Å². The van der Waals surface area contributed by atoms with Crippen LogP contribution < -0.4 is 10.9 Å². The zero-order valence-electron chi connectivity index (χ0n) is 23.5. The average molecular weight is 605 g/mol. The van der Waals surface area contributed by atoms with Crippen LogP contribution in [0.1, 0.15) is 45.4 Å². The molecule has 0 radical (unpaired) electrons. The number of carbonyl (C=O) groups is 1. The van der Waals surface area contributed by atoms with Gasteiger partial charge in [-0.2, -0.15) is 9.07 Å². The third kappa shape index (κ3) is 5.60. The van der Waals surface area contributed by atoms with Gasteiger partial charge in [-0.05, 0) is 67.4 Å². The first-order valence-corrected chi connectivity index (χ1v) is 13.7. The number of halogens is 2. The second-order valence-corrected chi connectivity index (χ2v) is 11.6. The summed E-state index contributed by atoms with van der Waals surface area (Å²) in [4.78, 5) is 41.9. The van der Waals surface area contributed by atoms with Crippen LogP contribution in [0, 0.1) is 11.9 Å². The van der Waals surface area contributed by atoms with Crippen LogP contribution in [0.5, 0.6) is 0 Å². The number of pyridine rings is 1. The zero-order valence-corrected chi connectivity index (χ0v) is 24.3. The molecule has 2 N–H and O–H groups in total. The standard InChI is InChI=1S/C28H26ClFN10O3/c1-14-9-22-33-18(17-10-15(29)5-7-20(17)39-13-32-37-38-39)11-23(41)40(22)24(14)26-31-12-19(34-26)16-6-8-21(35-25(16)30)36-27(42)43-28(2,3)4/h5-8,10-14,24H,9H2,1-4H3,(H,31,34)(H,35,36,42)/t14-,24-/m0/s1. The van der Waals surface area contributed by atoms with Gasteiger partial charge in [-0.25, -0.2) is 19.7 Å². The summed E-state index contributed by atoms with van der Waals surface area (Å²) < 4.78 is 23.3. The first kappa shape index (κ1) is 28.2. The maximum atomic E-state index is 15.0. The van der Waals surface area contributed by atoms with Gasteiger partial charge in [-0.15, -0.1) is 5.10 Å². The number of rotatable bonds is 5. The van der Waals surface area contributed by atoms with Crippen molar-refractivity contribution < 1.29 is 13.9 Å². The van der Waals surface area contributed by atoms with E-state index in [0.29, 0.717) is 45.7 Å². The number of aromatic nitrogens is 9. The number of imidazole rings is 1. The number of H-pyrrole nitrogens is 1. The molecular weight excluding hydrogens is 579 g/mol. The maximum absolute atomic E-state index is 15.0. The molecule has 13 nitrogen and oxygen atoms in total. The van der Waals surface area contributed by atoms with Crippen LogP contribution in [0.4, 0.5) is 15.0 Å². The van der Waals surface area contributed by atoms with Crippen molar-refractivity contribution in [2.75, 3.05) is 5.32 Å². The van der Waals surface area contributed by atoms with Crippen LogP contribution in [0.3, 0.4) is 0 Å². The average Bonchev–Trinajstić information content (AvgIpc) is 3.68. The second kappa shape index (κ2) is 10.7. The predicted molar refractivity (Wildman–Crippen MR) is 154 cm³/mol. The molecule has 0 saturated carbocycles. The number of nitrogens with zero attached hydrogens (tertiary/aromatic N) is 8. The largest absolute Gasteiger partial charge is 0.444 e. The highest BCUT2D eigenvalue weighted by Gasteiger charge is 2.35. The molecule has 0 aliphatic carbocycles. The van der Waals surface area contributed by atoms with Crippen molar-refractivity contribution in [1.29, 1.82) is 0 Å². The van der Waals surface area contributed by atoms with Gasteiger partial charge in [0.15, 0.2) is 0 Å². The molecule has 0 spiro atoms. The van der Waals surface area contributed by atoms with E-state index < -0.39 is 23.7 Å². The molecule has 43 heavy (non-hydrogen) atoms. The summed E-state index contributed by atoms with van der Waals surface area (Å²) in [7, 11) is 0. The Balaban J connectivity index is 1.29. The molecule has 6 rings (SSSR count). The van der Waals surface area contributed by atoms with Gasteiger partial charge < -0.3 is 9.72 Å². The number of ether oxygens (including phenoxy) is 1. The lowest BCUT2D eigenvalue weighted by atomic mass is 10.0. The molecule has 0 saturated heterocycles. The lowest BCUT2D eigenvalue weighted by molar-refractivity contribution is 0.0635. The zero-order chi connectivity index (χ0) is 30.5. The van der Waals surface area contributed by atoms with E-state index in [9.17, 15) is 9.59 Å². The molecule has 15 heteroatoms. The number of benzene rings is 1. The maximum Gasteiger partial charge on any atom is 0.413 e. The van der Waals surface area contributed by atoms with Gasteiger partial charge in [0.25, 0.3) is 5.56 Å². The number of nitrogens with one attached hydrogen (secondary N) is 2. The quantitative estimate of drug-likeness (QED) is 0.274. The Morgan fingerprint density at radius 2 is 1.98 bits per heavy atom. The van der Waals surface area contributed by atoms with Gasteiger partial charge in [0, 0.05) is 23.1 Å². The van der Waals surface area contributed by atoms with E-state index in [1.807, 2.05) is 6.92 Å². The van der Waals surface area contributed by atoms with Gasteiger partial charge in [0.05, 0.1) is 34.9 Å². The number of fused-ring (bicyclic) bond motifs is 1. The lowest BCUT2D eigenvalue weighted by Crippen LogP contribution is -2.27. The van der Waals surface area contributed by atoms with E-state index >= 15 is 4.39 Å². The summed E-state index contributed by atoms with van der Waals surface area (Å²) in [5.74, 6) is 0.199. The predicted octanol–water partition coefficient (Wildman–Crippen LogP) is 4.59.